The van der Waals surface area contributed by atoms with Crippen LogP contribution in [-0.2, 0) is 11.4 Å². The molecule has 0 atom stereocenters. The third-order valence-electron chi connectivity index (χ3n) is 2.92. The molecule has 0 unspecified atom stereocenters. The van der Waals surface area contributed by atoms with Gasteiger partial charge in [0.15, 0.2) is 0 Å². The topological polar surface area (TPSA) is 59.9 Å². The Kier molecular flexibility index (Phi) is 4.14. The number of anilines is 1. The first-order valence-corrected chi connectivity index (χ1v) is 6.55. The van der Waals surface area contributed by atoms with Crippen LogP contribution in [0.2, 0.25) is 0 Å². The average molecular weight is 278 g/mol. The van der Waals surface area contributed by atoms with Crippen molar-refractivity contribution in [3.05, 3.63) is 72.9 Å². The van der Waals surface area contributed by atoms with Gasteiger partial charge in [0, 0.05) is 29.7 Å². The van der Waals surface area contributed by atoms with Gasteiger partial charge in [0.1, 0.15) is 12.1 Å². The van der Waals surface area contributed by atoms with Crippen molar-refractivity contribution in [3.63, 3.8) is 0 Å². The Bertz CT molecular complexity index is 672. The number of nitrogens with zero attached hydrogens (tertiary/aromatic N) is 3. The van der Waals surface area contributed by atoms with Crippen molar-refractivity contribution in [2.24, 2.45) is 0 Å². The number of nitrogens with one attached hydrogen (secondary N) is 1. The van der Waals surface area contributed by atoms with Crippen LogP contribution in [0.5, 0.6) is 0 Å². The van der Waals surface area contributed by atoms with E-state index in [1.807, 2.05) is 42.5 Å². The van der Waals surface area contributed by atoms with Gasteiger partial charge in [-0.25, -0.2) is 20.4 Å². The Morgan fingerprint density at radius 3 is 2.38 bits per heavy atom. The minimum absolute atomic E-state index is 0.483. The second-order valence-corrected chi connectivity index (χ2v) is 4.44. The maximum Gasteiger partial charge on any atom is 0.149 e. The van der Waals surface area contributed by atoms with Crippen molar-refractivity contribution >= 4 is 5.82 Å². The second-order valence-electron chi connectivity index (χ2n) is 4.44. The van der Waals surface area contributed by atoms with E-state index in [1.54, 1.807) is 18.6 Å². The summed E-state index contributed by atoms with van der Waals surface area (Å²) in [6, 6.07) is 13.8. The molecule has 0 saturated carbocycles. The fourth-order valence-corrected chi connectivity index (χ4v) is 1.84. The van der Waals surface area contributed by atoms with E-state index in [0.717, 1.165) is 16.7 Å². The van der Waals surface area contributed by atoms with Crippen molar-refractivity contribution in [1.29, 1.82) is 0 Å². The summed E-state index contributed by atoms with van der Waals surface area (Å²) in [7, 11) is 0. The van der Waals surface area contributed by atoms with Crippen LogP contribution >= 0.6 is 0 Å². The van der Waals surface area contributed by atoms with Crippen LogP contribution in [0.15, 0.2) is 67.4 Å². The Labute approximate surface area is 122 Å². The number of hydrogen-bond donors (Lipinski definition) is 1. The highest BCUT2D eigenvalue weighted by atomic mass is 16.6. The number of rotatable bonds is 5. The maximum absolute atomic E-state index is 5.41. The summed E-state index contributed by atoms with van der Waals surface area (Å²) in [5.41, 5.74) is 5.82. The first-order chi connectivity index (χ1) is 10.4. The van der Waals surface area contributed by atoms with Gasteiger partial charge >= 0.3 is 0 Å². The summed E-state index contributed by atoms with van der Waals surface area (Å²) in [6.07, 6.45) is 6.77. The lowest BCUT2D eigenvalue weighted by Gasteiger charge is -2.07. The average Bonchev–Trinajstić information content (AvgIpc) is 2.57. The molecule has 0 spiro atoms. The number of pyridine rings is 1. The Balaban J connectivity index is 1.58. The number of benzene rings is 1. The minimum atomic E-state index is 0.483. The normalized spacial score (nSPS) is 10.3. The van der Waals surface area contributed by atoms with E-state index in [1.165, 1.54) is 6.33 Å². The Morgan fingerprint density at radius 1 is 0.857 bits per heavy atom. The SMILES string of the molecule is c1ccc(CONc2ccc(-c3cncnc3)cn2)cc1. The molecular weight excluding hydrogens is 264 g/mol. The highest BCUT2D eigenvalue weighted by Crippen LogP contribution is 2.17. The molecule has 21 heavy (non-hydrogen) atoms. The van der Waals surface area contributed by atoms with Gasteiger partial charge in [0.05, 0.1) is 6.61 Å². The molecule has 1 aromatic carbocycles. The first kappa shape index (κ1) is 13.2. The molecule has 3 rings (SSSR count). The summed E-state index contributed by atoms with van der Waals surface area (Å²) < 4.78 is 0. The van der Waals surface area contributed by atoms with E-state index in [9.17, 15) is 0 Å². The van der Waals surface area contributed by atoms with Gasteiger partial charge in [-0.3, -0.25) is 4.84 Å². The van der Waals surface area contributed by atoms with Crippen molar-refractivity contribution < 1.29 is 4.84 Å². The monoisotopic (exact) mass is 278 g/mol. The van der Waals surface area contributed by atoms with Crippen molar-refractivity contribution in [2.75, 3.05) is 5.48 Å². The van der Waals surface area contributed by atoms with Gasteiger partial charge in [-0.1, -0.05) is 30.3 Å². The minimum Gasteiger partial charge on any atom is -0.270 e. The first-order valence-electron chi connectivity index (χ1n) is 6.55. The largest absolute Gasteiger partial charge is 0.270 e. The van der Waals surface area contributed by atoms with Gasteiger partial charge < -0.3 is 0 Å². The Morgan fingerprint density at radius 2 is 1.67 bits per heavy atom. The fraction of sp³-hybridized carbons (Fsp3) is 0.0625. The molecule has 0 aliphatic heterocycles. The molecule has 0 radical (unpaired) electrons. The molecule has 0 fully saturated rings. The maximum atomic E-state index is 5.41. The molecule has 0 aliphatic rings. The third kappa shape index (κ3) is 3.61. The quantitative estimate of drug-likeness (QED) is 0.727. The van der Waals surface area contributed by atoms with Crippen LogP contribution in [0.3, 0.4) is 0 Å². The van der Waals surface area contributed by atoms with Gasteiger partial charge in [0.2, 0.25) is 0 Å². The van der Waals surface area contributed by atoms with E-state index in [2.05, 4.69) is 20.4 Å². The predicted molar refractivity (Wildman–Crippen MR) is 80.1 cm³/mol. The zero-order valence-corrected chi connectivity index (χ0v) is 11.3. The summed E-state index contributed by atoms with van der Waals surface area (Å²) >= 11 is 0. The molecule has 0 bridgehead atoms. The van der Waals surface area contributed by atoms with E-state index < -0.39 is 0 Å². The van der Waals surface area contributed by atoms with Crippen LogP contribution in [-0.4, -0.2) is 15.0 Å². The van der Waals surface area contributed by atoms with Gasteiger partial charge in [-0.15, -0.1) is 0 Å². The molecule has 3 aromatic rings. The Hall–Kier alpha value is -2.79. The molecule has 1 N–H and O–H groups in total. The molecule has 5 heteroatoms. The molecule has 2 aromatic heterocycles. The standard InChI is InChI=1S/C16H14N4O/c1-2-4-13(5-3-1)11-21-20-16-7-6-14(10-19-16)15-8-17-12-18-9-15/h1-10,12H,11H2,(H,19,20). The fourth-order valence-electron chi connectivity index (χ4n) is 1.84. The van der Waals surface area contributed by atoms with Gasteiger partial charge in [-0.2, -0.15) is 0 Å². The number of aromatic nitrogens is 3. The predicted octanol–water partition coefficient (Wildman–Crippen LogP) is 3.08. The summed E-state index contributed by atoms with van der Waals surface area (Å²) in [5, 5.41) is 0. The lowest BCUT2D eigenvalue weighted by molar-refractivity contribution is 0.179. The van der Waals surface area contributed by atoms with Crippen molar-refractivity contribution in [2.45, 2.75) is 6.61 Å². The van der Waals surface area contributed by atoms with Gasteiger partial charge in [-0.05, 0) is 17.7 Å². The third-order valence-corrected chi connectivity index (χ3v) is 2.92. The van der Waals surface area contributed by atoms with Crippen molar-refractivity contribution in [1.82, 2.24) is 15.0 Å². The molecule has 0 aliphatic carbocycles. The lowest BCUT2D eigenvalue weighted by atomic mass is 10.1. The molecular formula is C16H14N4O. The summed E-state index contributed by atoms with van der Waals surface area (Å²) in [4.78, 5) is 17.7. The number of hydrogen-bond acceptors (Lipinski definition) is 5. The molecule has 0 amide bonds. The van der Waals surface area contributed by atoms with Crippen LogP contribution in [0.4, 0.5) is 5.82 Å². The van der Waals surface area contributed by atoms with Gasteiger partial charge in [0.25, 0.3) is 0 Å². The molecule has 5 nitrogen and oxygen atoms in total. The summed E-state index contributed by atoms with van der Waals surface area (Å²) in [5.74, 6) is 0.659. The zero-order valence-electron chi connectivity index (χ0n) is 11.3. The van der Waals surface area contributed by atoms with Crippen LogP contribution in [0.25, 0.3) is 11.1 Å². The van der Waals surface area contributed by atoms with Crippen molar-refractivity contribution in [3.8, 4) is 11.1 Å². The highest BCUT2D eigenvalue weighted by Gasteiger charge is 1.99. The second kappa shape index (κ2) is 6.58. The highest BCUT2D eigenvalue weighted by molar-refractivity contribution is 5.61. The molecule has 104 valence electrons. The molecule has 2 heterocycles. The van der Waals surface area contributed by atoms with E-state index in [-0.39, 0.29) is 0 Å². The molecule has 0 saturated heterocycles. The van der Waals surface area contributed by atoms with Crippen LogP contribution in [0, 0.1) is 0 Å². The van der Waals surface area contributed by atoms with E-state index in [0.29, 0.717) is 12.4 Å². The summed E-state index contributed by atoms with van der Waals surface area (Å²) in [6.45, 7) is 0.483. The van der Waals surface area contributed by atoms with E-state index in [4.69, 9.17) is 4.84 Å². The van der Waals surface area contributed by atoms with Crippen LogP contribution < -0.4 is 5.48 Å². The van der Waals surface area contributed by atoms with Crippen LogP contribution in [0.1, 0.15) is 5.56 Å². The lowest BCUT2D eigenvalue weighted by Crippen LogP contribution is -2.02. The van der Waals surface area contributed by atoms with E-state index >= 15 is 0 Å². The zero-order chi connectivity index (χ0) is 14.3. The smallest absolute Gasteiger partial charge is 0.149 e.